The fourth-order valence-electron chi connectivity index (χ4n) is 2.78. The number of nitrogens with one attached hydrogen (secondary N) is 2. The Balaban J connectivity index is 1.56. The summed E-state index contributed by atoms with van der Waals surface area (Å²) in [4.78, 5) is 17.7. The Bertz CT molecular complexity index is 1150. The Labute approximate surface area is 177 Å². The Morgan fingerprint density at radius 1 is 0.931 bits per heavy atom. The van der Waals surface area contributed by atoms with Crippen molar-refractivity contribution in [2.75, 3.05) is 29.5 Å². The number of pyridine rings is 2. The van der Waals surface area contributed by atoms with Crippen molar-refractivity contribution in [2.45, 2.75) is 0 Å². The van der Waals surface area contributed by atoms with E-state index >= 15 is 0 Å². The minimum Gasteiger partial charge on any atom is -0.397 e. The van der Waals surface area contributed by atoms with E-state index in [4.69, 9.17) is 28.9 Å². The number of aromatic nitrogens is 4. The number of nitrogens with zero attached hydrogens (tertiary/aromatic N) is 4. The first-order valence-electron chi connectivity index (χ1n) is 8.86. The molecule has 0 bridgehead atoms. The summed E-state index contributed by atoms with van der Waals surface area (Å²) in [5, 5.41) is 8.44. The highest BCUT2D eigenvalue weighted by Gasteiger charge is 2.12. The Hall–Kier alpha value is -3.16. The molecule has 29 heavy (non-hydrogen) atoms. The van der Waals surface area contributed by atoms with Gasteiger partial charge in [-0.15, -0.1) is 0 Å². The summed E-state index contributed by atoms with van der Waals surface area (Å²) in [6.45, 7) is 1.25. The minimum absolute atomic E-state index is 0.493. The zero-order chi connectivity index (χ0) is 20.2. The van der Waals surface area contributed by atoms with Gasteiger partial charge in [0.05, 0.1) is 27.8 Å². The fraction of sp³-hybridized carbons (Fsp3) is 0.100. The highest BCUT2D eigenvalue weighted by molar-refractivity contribution is 6.36. The molecule has 0 aliphatic heterocycles. The molecule has 0 saturated carbocycles. The molecule has 7 nitrogen and oxygen atoms in total. The van der Waals surface area contributed by atoms with E-state index in [1.54, 1.807) is 36.8 Å². The van der Waals surface area contributed by atoms with Gasteiger partial charge in [-0.25, -0.2) is 15.0 Å². The predicted molar refractivity (Wildman–Crippen MR) is 118 cm³/mol. The quantitative estimate of drug-likeness (QED) is 0.390. The van der Waals surface area contributed by atoms with E-state index in [1.807, 2.05) is 18.2 Å². The number of anilines is 3. The molecule has 0 aliphatic carbocycles. The first-order chi connectivity index (χ1) is 14.1. The topological polar surface area (TPSA) is 102 Å². The lowest BCUT2D eigenvalue weighted by Crippen LogP contribution is -2.15. The van der Waals surface area contributed by atoms with Gasteiger partial charge in [0.15, 0.2) is 5.82 Å². The smallest absolute Gasteiger partial charge is 0.163 e. The van der Waals surface area contributed by atoms with Crippen LogP contribution in [0.3, 0.4) is 0 Å². The molecule has 0 saturated heterocycles. The van der Waals surface area contributed by atoms with Crippen molar-refractivity contribution in [2.24, 2.45) is 0 Å². The first-order valence-corrected chi connectivity index (χ1v) is 9.62. The molecule has 0 aliphatic rings. The van der Waals surface area contributed by atoms with E-state index in [2.05, 4.69) is 30.6 Å². The number of benzene rings is 1. The third kappa shape index (κ3) is 4.47. The summed E-state index contributed by atoms with van der Waals surface area (Å²) in [6.07, 6.45) is 5.04. The van der Waals surface area contributed by atoms with Gasteiger partial charge < -0.3 is 16.4 Å². The average Bonchev–Trinajstić information content (AvgIpc) is 2.72. The number of nitrogen functional groups attached to an aromatic ring is 1. The lowest BCUT2D eigenvalue weighted by molar-refractivity contribution is 1.04. The van der Waals surface area contributed by atoms with Crippen LogP contribution in [-0.2, 0) is 0 Å². The molecule has 146 valence electrons. The van der Waals surface area contributed by atoms with Gasteiger partial charge >= 0.3 is 0 Å². The summed E-state index contributed by atoms with van der Waals surface area (Å²) >= 11 is 12.4. The number of nitrogens with two attached hydrogens (primary N) is 1. The number of hydrogen-bond acceptors (Lipinski definition) is 7. The average molecular weight is 426 g/mol. The van der Waals surface area contributed by atoms with Gasteiger partial charge in [0, 0.05) is 36.1 Å². The molecule has 0 spiro atoms. The van der Waals surface area contributed by atoms with E-state index < -0.39 is 0 Å². The second-order valence-electron chi connectivity index (χ2n) is 6.24. The maximum atomic E-state index is 6.35. The zero-order valence-electron chi connectivity index (χ0n) is 15.2. The maximum absolute atomic E-state index is 6.35. The van der Waals surface area contributed by atoms with Crippen LogP contribution in [0.2, 0.25) is 10.0 Å². The van der Waals surface area contributed by atoms with Gasteiger partial charge in [0.25, 0.3) is 0 Å². The Morgan fingerprint density at radius 2 is 1.79 bits per heavy atom. The van der Waals surface area contributed by atoms with Gasteiger partial charge in [0.1, 0.15) is 11.6 Å². The van der Waals surface area contributed by atoms with E-state index in [0.717, 1.165) is 16.7 Å². The van der Waals surface area contributed by atoms with E-state index in [1.165, 1.54) is 0 Å². The first kappa shape index (κ1) is 19.2. The van der Waals surface area contributed by atoms with Crippen LogP contribution in [-0.4, -0.2) is 33.0 Å². The number of fused-ring (bicyclic) bond motifs is 1. The molecule has 3 heterocycles. The van der Waals surface area contributed by atoms with Crippen LogP contribution in [0.25, 0.3) is 22.3 Å². The maximum Gasteiger partial charge on any atom is 0.163 e. The lowest BCUT2D eigenvalue weighted by atomic mass is 10.2. The largest absolute Gasteiger partial charge is 0.397 e. The van der Waals surface area contributed by atoms with Crippen LogP contribution in [0.15, 0.2) is 55.0 Å². The lowest BCUT2D eigenvalue weighted by Gasteiger charge is -2.12. The molecule has 4 aromatic rings. The Kier molecular flexibility index (Phi) is 5.59. The summed E-state index contributed by atoms with van der Waals surface area (Å²) in [5.41, 5.74) is 7.76. The standard InChI is InChI=1S/C20H17Cl2N7/c21-12-1-3-14(16(22)9-12)20-28-17-5-6-24-11-15(17)19(29-20)26-8-7-25-18-4-2-13(23)10-27-18/h1-6,9-11H,7-8,23H2,(H,25,27)(H,26,28,29). The summed E-state index contributed by atoms with van der Waals surface area (Å²) in [6, 6.07) is 10.7. The van der Waals surface area contributed by atoms with Crippen molar-refractivity contribution in [3.8, 4) is 11.4 Å². The van der Waals surface area contributed by atoms with Crippen LogP contribution in [0, 0.1) is 0 Å². The van der Waals surface area contributed by atoms with Crippen LogP contribution in [0.4, 0.5) is 17.3 Å². The van der Waals surface area contributed by atoms with Crippen molar-refractivity contribution in [3.63, 3.8) is 0 Å². The molecule has 0 unspecified atom stereocenters. The third-order valence-electron chi connectivity index (χ3n) is 4.18. The number of rotatable bonds is 6. The van der Waals surface area contributed by atoms with Crippen molar-refractivity contribution < 1.29 is 0 Å². The number of halogens is 2. The molecule has 1 aromatic carbocycles. The van der Waals surface area contributed by atoms with Gasteiger partial charge in [0.2, 0.25) is 0 Å². The Morgan fingerprint density at radius 3 is 2.59 bits per heavy atom. The summed E-state index contributed by atoms with van der Waals surface area (Å²) < 4.78 is 0. The molecular weight excluding hydrogens is 409 g/mol. The third-order valence-corrected chi connectivity index (χ3v) is 4.73. The summed E-state index contributed by atoms with van der Waals surface area (Å²) in [7, 11) is 0. The van der Waals surface area contributed by atoms with E-state index in [9.17, 15) is 0 Å². The van der Waals surface area contributed by atoms with Gasteiger partial charge in [-0.1, -0.05) is 23.2 Å². The molecule has 9 heteroatoms. The van der Waals surface area contributed by atoms with Crippen LogP contribution < -0.4 is 16.4 Å². The summed E-state index contributed by atoms with van der Waals surface area (Å²) in [5.74, 6) is 1.95. The van der Waals surface area contributed by atoms with Crippen molar-refractivity contribution in [3.05, 3.63) is 65.0 Å². The number of hydrogen-bond donors (Lipinski definition) is 3. The molecule has 4 N–H and O–H groups in total. The normalized spacial score (nSPS) is 10.8. The molecular formula is C20H17Cl2N7. The van der Waals surface area contributed by atoms with Crippen molar-refractivity contribution in [1.82, 2.24) is 19.9 Å². The van der Waals surface area contributed by atoms with Crippen LogP contribution in [0.5, 0.6) is 0 Å². The molecule has 3 aromatic heterocycles. The molecule has 0 fully saturated rings. The highest BCUT2D eigenvalue weighted by atomic mass is 35.5. The van der Waals surface area contributed by atoms with Crippen LogP contribution in [0.1, 0.15) is 0 Å². The van der Waals surface area contributed by atoms with Gasteiger partial charge in [-0.3, -0.25) is 4.98 Å². The van der Waals surface area contributed by atoms with Crippen molar-refractivity contribution in [1.29, 1.82) is 0 Å². The van der Waals surface area contributed by atoms with E-state index in [-0.39, 0.29) is 0 Å². The minimum atomic E-state index is 0.493. The van der Waals surface area contributed by atoms with Gasteiger partial charge in [-0.2, -0.15) is 0 Å². The van der Waals surface area contributed by atoms with Crippen molar-refractivity contribution >= 4 is 51.4 Å². The highest BCUT2D eigenvalue weighted by Crippen LogP contribution is 2.30. The molecule has 0 atom stereocenters. The second-order valence-corrected chi connectivity index (χ2v) is 7.09. The predicted octanol–water partition coefficient (Wildman–Crippen LogP) is 4.50. The zero-order valence-corrected chi connectivity index (χ0v) is 16.7. The van der Waals surface area contributed by atoms with E-state index in [0.29, 0.717) is 46.0 Å². The molecule has 4 rings (SSSR count). The SMILES string of the molecule is Nc1ccc(NCCNc2nc(-c3ccc(Cl)cc3Cl)nc3ccncc23)nc1. The fourth-order valence-corrected chi connectivity index (χ4v) is 3.27. The van der Waals surface area contributed by atoms with Gasteiger partial charge in [-0.05, 0) is 36.4 Å². The van der Waals surface area contributed by atoms with Crippen LogP contribution >= 0.6 is 23.2 Å². The second kappa shape index (κ2) is 8.46. The monoisotopic (exact) mass is 425 g/mol. The molecule has 0 radical (unpaired) electrons. The molecule has 0 amide bonds.